The number of nitrogens with one attached hydrogen (secondary N) is 2. The molecule has 5 nitrogen and oxygen atoms in total. The van der Waals surface area contributed by atoms with Crippen LogP contribution in [0.5, 0.6) is 0 Å². The lowest BCUT2D eigenvalue weighted by Crippen LogP contribution is -2.67. The molecule has 0 aromatic heterocycles. The van der Waals surface area contributed by atoms with Gasteiger partial charge in [-0.3, -0.25) is 0 Å². The molecule has 5 heteroatoms. The number of carbonyl (C=O) groups excluding carboxylic acids is 1. The lowest BCUT2D eigenvalue weighted by atomic mass is 9.57. The van der Waals surface area contributed by atoms with Crippen molar-refractivity contribution >= 4 is 17.4 Å². The Bertz CT molecular complexity index is 658. The highest BCUT2D eigenvalue weighted by Crippen LogP contribution is 2.52. The lowest BCUT2D eigenvalue weighted by Gasteiger charge is -2.54. The zero-order valence-electron chi connectivity index (χ0n) is 14.8. The van der Waals surface area contributed by atoms with Crippen molar-refractivity contribution in [1.82, 2.24) is 5.32 Å². The van der Waals surface area contributed by atoms with Crippen LogP contribution in [0.1, 0.15) is 32.3 Å². The number of ether oxygens (including phenoxy) is 1. The maximum Gasteiger partial charge on any atom is 0.319 e. The van der Waals surface area contributed by atoms with Crippen molar-refractivity contribution in [2.75, 3.05) is 30.4 Å². The van der Waals surface area contributed by atoms with Gasteiger partial charge in [0.15, 0.2) is 0 Å². The summed E-state index contributed by atoms with van der Waals surface area (Å²) in [6.45, 7) is 6.27. The number of hydrogen-bond donors (Lipinski definition) is 2. The number of urea groups is 1. The molecule has 0 unspecified atom stereocenters. The van der Waals surface area contributed by atoms with Crippen LogP contribution in [0.15, 0.2) is 18.2 Å². The van der Waals surface area contributed by atoms with Crippen LogP contribution in [0.25, 0.3) is 0 Å². The number of carbonyl (C=O) groups is 1. The molecule has 2 N–H and O–H groups in total. The van der Waals surface area contributed by atoms with Crippen molar-refractivity contribution < 1.29 is 9.53 Å². The van der Waals surface area contributed by atoms with E-state index in [1.165, 1.54) is 17.7 Å². The van der Waals surface area contributed by atoms with E-state index in [1.54, 1.807) is 0 Å². The molecule has 4 rings (SSSR count). The summed E-state index contributed by atoms with van der Waals surface area (Å²) in [5, 5.41) is 6.19. The van der Waals surface area contributed by atoms with Gasteiger partial charge < -0.3 is 20.3 Å². The number of aryl methyl sites for hydroxylation is 1. The van der Waals surface area contributed by atoms with Crippen LogP contribution in [-0.2, 0) is 11.2 Å². The van der Waals surface area contributed by atoms with E-state index >= 15 is 0 Å². The van der Waals surface area contributed by atoms with Gasteiger partial charge in [-0.15, -0.1) is 0 Å². The van der Waals surface area contributed by atoms with Crippen molar-refractivity contribution in [3.63, 3.8) is 0 Å². The molecule has 3 atom stereocenters. The SMILES string of the molecule is CN1CCCc2cc(NC(=O)N[C@@H]3[C@H]4CCO[C@@H]4C3(C)C)ccc21. The Hall–Kier alpha value is -1.75. The van der Waals surface area contributed by atoms with E-state index in [2.05, 4.69) is 48.6 Å². The van der Waals surface area contributed by atoms with Gasteiger partial charge in [0.25, 0.3) is 0 Å². The minimum absolute atomic E-state index is 0.0110. The van der Waals surface area contributed by atoms with Crippen molar-refractivity contribution in [3.05, 3.63) is 23.8 Å². The second-order valence-corrected chi connectivity index (χ2v) is 8.01. The monoisotopic (exact) mass is 329 g/mol. The summed E-state index contributed by atoms with van der Waals surface area (Å²) in [4.78, 5) is 14.7. The van der Waals surface area contributed by atoms with Crippen LogP contribution < -0.4 is 15.5 Å². The average molecular weight is 329 g/mol. The molecule has 130 valence electrons. The van der Waals surface area contributed by atoms with Gasteiger partial charge in [-0.1, -0.05) is 13.8 Å². The van der Waals surface area contributed by atoms with Gasteiger partial charge >= 0.3 is 6.03 Å². The Balaban J connectivity index is 1.42. The maximum atomic E-state index is 12.5. The van der Waals surface area contributed by atoms with E-state index in [0.717, 1.165) is 31.7 Å². The molecule has 1 aromatic carbocycles. The minimum atomic E-state index is -0.109. The van der Waals surface area contributed by atoms with Crippen LogP contribution in [-0.4, -0.2) is 38.4 Å². The molecule has 0 bridgehead atoms. The Morgan fingerprint density at radius 1 is 1.38 bits per heavy atom. The third-order valence-corrected chi connectivity index (χ3v) is 6.08. The van der Waals surface area contributed by atoms with Crippen LogP contribution in [0.3, 0.4) is 0 Å². The first kappa shape index (κ1) is 15.8. The van der Waals surface area contributed by atoms with E-state index in [4.69, 9.17) is 4.74 Å². The molecular formula is C19H27N3O2. The molecule has 2 amide bonds. The highest BCUT2D eigenvalue weighted by Gasteiger charge is 2.59. The Morgan fingerprint density at radius 3 is 3.04 bits per heavy atom. The Kier molecular flexibility index (Phi) is 3.71. The second kappa shape index (κ2) is 5.66. The number of nitrogens with zero attached hydrogens (tertiary/aromatic N) is 1. The van der Waals surface area contributed by atoms with Crippen LogP contribution in [0, 0.1) is 11.3 Å². The lowest BCUT2D eigenvalue weighted by molar-refractivity contribution is -0.107. The molecule has 2 heterocycles. The molecule has 2 aliphatic heterocycles. The summed E-state index contributed by atoms with van der Waals surface area (Å²) < 4.78 is 5.79. The number of rotatable bonds is 2. The predicted molar refractivity (Wildman–Crippen MR) is 95.6 cm³/mol. The first-order valence-electron chi connectivity index (χ1n) is 9.00. The van der Waals surface area contributed by atoms with Gasteiger partial charge in [-0.2, -0.15) is 0 Å². The zero-order valence-corrected chi connectivity index (χ0v) is 14.8. The van der Waals surface area contributed by atoms with Gasteiger partial charge in [0.05, 0.1) is 6.10 Å². The molecule has 3 aliphatic rings. The Morgan fingerprint density at radius 2 is 2.21 bits per heavy atom. The van der Waals surface area contributed by atoms with Gasteiger partial charge in [0, 0.05) is 48.9 Å². The molecular weight excluding hydrogens is 302 g/mol. The van der Waals surface area contributed by atoms with Gasteiger partial charge in [0.1, 0.15) is 0 Å². The summed E-state index contributed by atoms with van der Waals surface area (Å²) in [5.41, 5.74) is 3.47. The fourth-order valence-electron chi connectivity index (χ4n) is 4.79. The molecule has 1 aromatic rings. The van der Waals surface area contributed by atoms with E-state index in [1.807, 2.05) is 6.07 Å². The first-order chi connectivity index (χ1) is 11.5. The van der Waals surface area contributed by atoms with Crippen LogP contribution in [0.4, 0.5) is 16.2 Å². The van der Waals surface area contributed by atoms with Gasteiger partial charge in [0.2, 0.25) is 0 Å². The van der Waals surface area contributed by atoms with E-state index in [9.17, 15) is 4.79 Å². The van der Waals surface area contributed by atoms with Crippen molar-refractivity contribution in [2.45, 2.75) is 45.3 Å². The highest BCUT2D eigenvalue weighted by molar-refractivity contribution is 5.90. The fourth-order valence-corrected chi connectivity index (χ4v) is 4.79. The molecule has 0 radical (unpaired) electrons. The quantitative estimate of drug-likeness (QED) is 0.877. The van der Waals surface area contributed by atoms with Crippen LogP contribution >= 0.6 is 0 Å². The molecule has 1 saturated heterocycles. The summed E-state index contributed by atoms with van der Waals surface area (Å²) in [6, 6.07) is 6.29. The van der Waals surface area contributed by atoms with Gasteiger partial charge in [-0.05, 0) is 43.0 Å². The third-order valence-electron chi connectivity index (χ3n) is 6.08. The van der Waals surface area contributed by atoms with E-state index in [-0.39, 0.29) is 17.5 Å². The van der Waals surface area contributed by atoms with E-state index in [0.29, 0.717) is 12.0 Å². The number of anilines is 2. The number of fused-ring (bicyclic) bond motifs is 2. The summed E-state index contributed by atoms with van der Waals surface area (Å²) in [6.07, 6.45) is 3.58. The standard InChI is InChI=1S/C19H27N3O2/c1-19(2)16(14-8-10-24-17(14)19)21-18(23)20-13-6-7-15-12(11-13)5-4-9-22(15)3/h6-7,11,14,16-17H,4-5,8-10H2,1-3H3,(H2,20,21,23)/t14-,16-,17+/m1/s1. The number of amides is 2. The van der Waals surface area contributed by atoms with Crippen molar-refractivity contribution in [1.29, 1.82) is 0 Å². The first-order valence-corrected chi connectivity index (χ1v) is 9.00. The van der Waals surface area contributed by atoms with Crippen LogP contribution in [0.2, 0.25) is 0 Å². The van der Waals surface area contributed by atoms with Gasteiger partial charge in [-0.25, -0.2) is 4.79 Å². The largest absolute Gasteiger partial charge is 0.377 e. The molecule has 24 heavy (non-hydrogen) atoms. The molecule has 1 aliphatic carbocycles. The summed E-state index contributed by atoms with van der Waals surface area (Å²) >= 11 is 0. The summed E-state index contributed by atoms with van der Waals surface area (Å²) in [5.74, 6) is 0.461. The second-order valence-electron chi connectivity index (χ2n) is 8.01. The van der Waals surface area contributed by atoms with Crippen molar-refractivity contribution in [3.8, 4) is 0 Å². The highest BCUT2D eigenvalue weighted by atomic mass is 16.5. The maximum absolute atomic E-state index is 12.5. The minimum Gasteiger partial charge on any atom is -0.377 e. The van der Waals surface area contributed by atoms with E-state index < -0.39 is 0 Å². The number of benzene rings is 1. The predicted octanol–water partition coefficient (Wildman–Crippen LogP) is 3.00. The fraction of sp³-hybridized carbons (Fsp3) is 0.632. The average Bonchev–Trinajstić information content (AvgIpc) is 3.00. The normalized spacial score (nSPS) is 30.1. The zero-order chi connectivity index (χ0) is 16.9. The summed E-state index contributed by atoms with van der Waals surface area (Å²) in [7, 11) is 2.12. The smallest absolute Gasteiger partial charge is 0.319 e. The van der Waals surface area contributed by atoms with Crippen molar-refractivity contribution in [2.24, 2.45) is 11.3 Å². The molecule has 0 spiro atoms. The molecule has 2 fully saturated rings. The molecule has 1 saturated carbocycles. The third kappa shape index (κ3) is 2.46. The Labute approximate surface area is 143 Å². The number of hydrogen-bond acceptors (Lipinski definition) is 3. The topological polar surface area (TPSA) is 53.6 Å².